The first-order valence-corrected chi connectivity index (χ1v) is 12.9. The number of ketones is 1. The number of aromatic nitrogens is 1. The first-order chi connectivity index (χ1) is 19.5. The van der Waals surface area contributed by atoms with Gasteiger partial charge in [0.2, 0.25) is 17.6 Å². The van der Waals surface area contributed by atoms with Crippen molar-refractivity contribution in [2.45, 2.75) is 45.7 Å². The molecule has 1 heterocycles. The number of allylic oxidation sites excluding steroid dienone is 1. The number of carbonyl (C=O) groups excluding carboxylic acids is 5. The normalized spacial score (nSPS) is 11.6. The third-order valence-electron chi connectivity index (χ3n) is 5.78. The molecule has 8 N–H and O–H groups in total. The summed E-state index contributed by atoms with van der Waals surface area (Å²) in [5, 5.41) is 9.81. The fraction of sp³-hybridized carbons (Fsp3) is 0.286. The Morgan fingerprint density at radius 2 is 1.76 bits per heavy atom. The zero-order valence-electron chi connectivity index (χ0n) is 23.0. The average molecular weight is 566 g/mol. The van der Waals surface area contributed by atoms with Crippen molar-refractivity contribution in [3.63, 3.8) is 0 Å². The van der Waals surface area contributed by atoms with Gasteiger partial charge in [0.05, 0.1) is 5.70 Å². The van der Waals surface area contributed by atoms with E-state index >= 15 is 0 Å². The van der Waals surface area contributed by atoms with E-state index in [9.17, 15) is 28.8 Å². The van der Waals surface area contributed by atoms with Crippen LogP contribution in [0.5, 0.6) is 0 Å². The Bertz CT molecular complexity index is 1410. The molecule has 2 aromatic rings. The van der Waals surface area contributed by atoms with E-state index in [1.165, 1.54) is 24.4 Å². The van der Waals surface area contributed by atoms with Gasteiger partial charge in [-0.15, -0.1) is 0 Å². The van der Waals surface area contributed by atoms with Crippen molar-refractivity contribution in [3.8, 4) is 0 Å². The van der Waals surface area contributed by atoms with Crippen LogP contribution >= 0.6 is 0 Å². The summed E-state index contributed by atoms with van der Waals surface area (Å²) in [4.78, 5) is 75.3. The van der Waals surface area contributed by atoms with Crippen LogP contribution in [0.4, 0.5) is 11.4 Å². The van der Waals surface area contributed by atoms with Crippen LogP contribution in [0, 0.1) is 0 Å². The lowest BCUT2D eigenvalue weighted by Crippen LogP contribution is -2.46. The molecule has 4 amide bonds. The standard InChI is InChI=1S/C28H35N7O6/c1-4-17(3)32-24(37)16-35-14-8-11-22(28(35)41)34-26(39)21(12-13-23(36)27(40)31-5-2)33-25(38)20(30)15-18-9-6-7-10-19(18)29/h6-11,14-15,21H,3-5,12-13,16,29-30H2,1-2H3,(H,31,40)(H,32,37)(H,33,38)(H,34,39)/b20-15-. The number of nitrogens with one attached hydrogen (secondary N) is 4. The molecule has 218 valence electrons. The number of nitrogen functional groups attached to an aromatic ring is 1. The molecular weight excluding hydrogens is 530 g/mol. The summed E-state index contributed by atoms with van der Waals surface area (Å²) in [5.74, 6) is -3.77. The topological polar surface area (TPSA) is 208 Å². The maximum absolute atomic E-state index is 13.2. The van der Waals surface area contributed by atoms with E-state index in [-0.39, 0.29) is 37.3 Å². The molecule has 1 atom stereocenters. The zero-order chi connectivity index (χ0) is 30.5. The molecule has 1 unspecified atom stereocenters. The van der Waals surface area contributed by atoms with Gasteiger partial charge in [0.1, 0.15) is 18.3 Å². The second-order valence-corrected chi connectivity index (χ2v) is 8.93. The number of pyridine rings is 1. The lowest BCUT2D eigenvalue weighted by atomic mass is 10.1. The number of nitrogens with two attached hydrogens (primary N) is 2. The summed E-state index contributed by atoms with van der Waals surface area (Å²) in [6.45, 7) is 7.05. The first-order valence-electron chi connectivity index (χ1n) is 12.9. The van der Waals surface area contributed by atoms with Crippen LogP contribution in [-0.2, 0) is 30.5 Å². The van der Waals surface area contributed by atoms with E-state index < -0.39 is 41.0 Å². The monoisotopic (exact) mass is 565 g/mol. The van der Waals surface area contributed by atoms with Crippen LogP contribution in [0.1, 0.15) is 38.7 Å². The van der Waals surface area contributed by atoms with E-state index in [1.54, 1.807) is 31.2 Å². The van der Waals surface area contributed by atoms with Gasteiger partial charge in [-0.05, 0) is 49.6 Å². The smallest absolute Gasteiger partial charge is 0.287 e. The summed E-state index contributed by atoms with van der Waals surface area (Å²) >= 11 is 0. The SMILES string of the molecule is C=C(CC)NC(=O)Cn1cccc(NC(=O)C(CCC(=O)C(=O)NCC)NC(=O)/C(N)=C/c2ccccc2N)c1=O. The minimum Gasteiger partial charge on any atom is -0.398 e. The van der Waals surface area contributed by atoms with E-state index in [0.717, 1.165) is 4.57 Å². The predicted molar refractivity (Wildman–Crippen MR) is 155 cm³/mol. The number of carbonyl (C=O) groups is 5. The second kappa shape index (κ2) is 15.4. The number of nitrogens with zero attached hydrogens (tertiary/aromatic N) is 1. The Hall–Kier alpha value is -5.20. The molecule has 0 aliphatic heterocycles. The lowest BCUT2D eigenvalue weighted by molar-refractivity contribution is -0.138. The van der Waals surface area contributed by atoms with E-state index in [0.29, 0.717) is 23.4 Å². The molecule has 0 fully saturated rings. The van der Waals surface area contributed by atoms with Crippen LogP contribution in [0.2, 0.25) is 0 Å². The van der Waals surface area contributed by atoms with Gasteiger partial charge in [-0.3, -0.25) is 28.8 Å². The molecule has 0 saturated carbocycles. The van der Waals surface area contributed by atoms with E-state index in [4.69, 9.17) is 11.5 Å². The molecule has 0 spiro atoms. The van der Waals surface area contributed by atoms with Crippen molar-refractivity contribution in [3.05, 3.63) is 76.5 Å². The minimum atomic E-state index is -1.36. The Morgan fingerprint density at radius 1 is 1.05 bits per heavy atom. The third-order valence-corrected chi connectivity index (χ3v) is 5.78. The van der Waals surface area contributed by atoms with Gasteiger partial charge in [0.15, 0.2) is 0 Å². The highest BCUT2D eigenvalue weighted by Gasteiger charge is 2.25. The van der Waals surface area contributed by atoms with Crippen molar-refractivity contribution in [2.75, 3.05) is 17.6 Å². The van der Waals surface area contributed by atoms with Gasteiger partial charge >= 0.3 is 0 Å². The molecule has 0 aliphatic rings. The molecule has 13 heteroatoms. The predicted octanol–water partition coefficient (Wildman–Crippen LogP) is 0.379. The molecule has 13 nitrogen and oxygen atoms in total. The average Bonchev–Trinajstić information content (AvgIpc) is 2.93. The van der Waals surface area contributed by atoms with E-state index in [2.05, 4.69) is 27.8 Å². The molecule has 41 heavy (non-hydrogen) atoms. The fourth-order valence-electron chi connectivity index (χ4n) is 3.49. The molecular formula is C28H35N7O6. The molecule has 1 aromatic heterocycles. The summed E-state index contributed by atoms with van der Waals surface area (Å²) < 4.78 is 1.09. The van der Waals surface area contributed by atoms with Gasteiger partial charge in [-0.1, -0.05) is 31.7 Å². The molecule has 0 radical (unpaired) electrons. The number of benzene rings is 1. The number of amides is 4. The Labute approximate surface area is 237 Å². The summed E-state index contributed by atoms with van der Waals surface area (Å²) in [5.41, 5.74) is 12.0. The maximum Gasteiger partial charge on any atom is 0.287 e. The largest absolute Gasteiger partial charge is 0.398 e. The number of likely N-dealkylation sites (N-methyl/N-ethyl adjacent to an activating group) is 1. The van der Waals surface area contributed by atoms with Gasteiger partial charge in [-0.2, -0.15) is 0 Å². The van der Waals surface area contributed by atoms with Crippen molar-refractivity contribution >= 4 is 46.9 Å². The highest BCUT2D eigenvalue weighted by Crippen LogP contribution is 2.14. The number of hydrogen-bond acceptors (Lipinski definition) is 8. The first kappa shape index (κ1) is 32.0. The highest BCUT2D eigenvalue weighted by molar-refractivity contribution is 6.36. The number of rotatable bonds is 14. The van der Waals surface area contributed by atoms with Gasteiger partial charge < -0.3 is 37.3 Å². The second-order valence-electron chi connectivity index (χ2n) is 8.93. The van der Waals surface area contributed by atoms with E-state index in [1.807, 2.05) is 6.92 Å². The van der Waals surface area contributed by atoms with Crippen molar-refractivity contribution < 1.29 is 24.0 Å². The van der Waals surface area contributed by atoms with Crippen LogP contribution in [0.15, 0.2) is 65.4 Å². The Morgan fingerprint density at radius 3 is 2.41 bits per heavy atom. The van der Waals surface area contributed by atoms with Gasteiger partial charge in [-0.25, -0.2) is 0 Å². The number of hydrogen-bond donors (Lipinski definition) is 6. The third kappa shape index (κ3) is 9.80. The lowest BCUT2D eigenvalue weighted by Gasteiger charge is -2.19. The number of Topliss-reactive ketones (excluding diaryl/α,β-unsaturated/α-hetero) is 1. The van der Waals surface area contributed by atoms with Crippen molar-refractivity contribution in [2.24, 2.45) is 5.73 Å². The fourth-order valence-corrected chi connectivity index (χ4v) is 3.49. The molecule has 2 rings (SSSR count). The Balaban J connectivity index is 2.26. The Kier molecular flexibility index (Phi) is 12.0. The zero-order valence-corrected chi connectivity index (χ0v) is 23.0. The molecule has 0 bridgehead atoms. The van der Waals surface area contributed by atoms with Crippen molar-refractivity contribution in [1.29, 1.82) is 0 Å². The number of anilines is 2. The minimum absolute atomic E-state index is 0.172. The van der Waals surface area contributed by atoms with Crippen LogP contribution in [-0.4, -0.2) is 46.6 Å². The maximum atomic E-state index is 13.2. The van der Waals surface area contributed by atoms with Crippen LogP contribution in [0.3, 0.4) is 0 Å². The number of para-hydroxylation sites is 1. The highest BCUT2D eigenvalue weighted by atomic mass is 16.2. The summed E-state index contributed by atoms with van der Waals surface area (Å²) in [7, 11) is 0. The van der Waals surface area contributed by atoms with Crippen molar-refractivity contribution in [1.82, 2.24) is 20.5 Å². The molecule has 1 aromatic carbocycles. The summed E-state index contributed by atoms with van der Waals surface area (Å²) in [6.07, 6.45) is 2.58. The summed E-state index contributed by atoms with van der Waals surface area (Å²) in [6, 6.07) is 8.10. The van der Waals surface area contributed by atoms with Crippen LogP contribution < -0.4 is 38.3 Å². The molecule has 0 saturated heterocycles. The molecule has 0 aliphatic carbocycles. The van der Waals surface area contributed by atoms with Crippen LogP contribution in [0.25, 0.3) is 6.08 Å². The quantitative estimate of drug-likeness (QED) is 0.107. The van der Waals surface area contributed by atoms with Gasteiger partial charge in [0.25, 0.3) is 17.4 Å². The van der Waals surface area contributed by atoms with Gasteiger partial charge in [0, 0.05) is 30.5 Å².